The number of carbonyl (C=O) groups is 1. The van der Waals surface area contributed by atoms with E-state index in [-0.39, 0.29) is 11.9 Å². The number of rotatable bonds is 5. The first-order valence-electron chi connectivity index (χ1n) is 9.58. The Labute approximate surface area is 153 Å². The SMILES string of the molecule is CS(=O)c1ccc(C(=O)NC2CCN(CC3CCCCC3)CC2)cc1. The molecule has 0 bridgehead atoms. The molecule has 1 N–H and O–H groups in total. The van der Waals surface area contributed by atoms with Crippen LogP contribution in [0, 0.1) is 5.92 Å². The summed E-state index contributed by atoms with van der Waals surface area (Å²) in [6.07, 6.45) is 10.7. The van der Waals surface area contributed by atoms with Crippen LogP contribution in [0.5, 0.6) is 0 Å². The van der Waals surface area contributed by atoms with E-state index in [0.717, 1.165) is 36.7 Å². The zero-order valence-corrected chi connectivity index (χ0v) is 16.0. The van der Waals surface area contributed by atoms with Crippen LogP contribution in [-0.4, -0.2) is 46.9 Å². The van der Waals surface area contributed by atoms with E-state index in [0.29, 0.717) is 5.56 Å². The van der Waals surface area contributed by atoms with E-state index in [1.54, 1.807) is 30.5 Å². The molecule has 1 aliphatic heterocycles. The normalized spacial score (nSPS) is 21.8. The molecule has 4 nitrogen and oxygen atoms in total. The van der Waals surface area contributed by atoms with E-state index < -0.39 is 10.8 Å². The number of nitrogens with zero attached hydrogens (tertiary/aromatic N) is 1. The predicted molar refractivity (Wildman–Crippen MR) is 102 cm³/mol. The quantitative estimate of drug-likeness (QED) is 0.875. The second-order valence-corrected chi connectivity index (χ2v) is 8.91. The number of likely N-dealkylation sites (tertiary alicyclic amines) is 1. The van der Waals surface area contributed by atoms with Gasteiger partial charge in [0.15, 0.2) is 0 Å². The molecule has 5 heteroatoms. The van der Waals surface area contributed by atoms with Crippen molar-refractivity contribution in [2.75, 3.05) is 25.9 Å². The minimum atomic E-state index is -1.00. The maximum Gasteiger partial charge on any atom is 0.251 e. The van der Waals surface area contributed by atoms with Crippen molar-refractivity contribution >= 4 is 16.7 Å². The Hall–Kier alpha value is -1.20. The van der Waals surface area contributed by atoms with Gasteiger partial charge in [-0.05, 0) is 55.9 Å². The van der Waals surface area contributed by atoms with Gasteiger partial charge < -0.3 is 10.2 Å². The molecule has 1 amide bonds. The van der Waals surface area contributed by atoms with Gasteiger partial charge >= 0.3 is 0 Å². The van der Waals surface area contributed by atoms with E-state index in [4.69, 9.17) is 0 Å². The van der Waals surface area contributed by atoms with Gasteiger partial charge in [-0.25, -0.2) is 0 Å². The molecule has 1 aliphatic carbocycles. The van der Waals surface area contributed by atoms with Gasteiger partial charge in [-0.2, -0.15) is 0 Å². The molecule has 0 aromatic heterocycles. The molecule has 1 aromatic rings. The van der Waals surface area contributed by atoms with Crippen LogP contribution in [-0.2, 0) is 10.8 Å². The van der Waals surface area contributed by atoms with Crippen molar-refractivity contribution in [2.24, 2.45) is 5.92 Å². The lowest BCUT2D eigenvalue weighted by Gasteiger charge is -2.35. The zero-order valence-electron chi connectivity index (χ0n) is 15.2. The molecule has 1 unspecified atom stereocenters. The summed E-state index contributed by atoms with van der Waals surface area (Å²) in [7, 11) is -1.00. The minimum Gasteiger partial charge on any atom is -0.349 e. The van der Waals surface area contributed by atoms with Gasteiger partial charge in [0, 0.05) is 53.2 Å². The van der Waals surface area contributed by atoms with Crippen molar-refractivity contribution in [3.8, 4) is 0 Å². The maximum absolute atomic E-state index is 12.4. The van der Waals surface area contributed by atoms with E-state index in [1.165, 1.54) is 38.6 Å². The monoisotopic (exact) mass is 362 g/mol. The Kier molecular flexibility index (Phi) is 6.65. The predicted octanol–water partition coefficient (Wildman–Crippen LogP) is 3.20. The van der Waals surface area contributed by atoms with Gasteiger partial charge in [0.25, 0.3) is 5.91 Å². The van der Waals surface area contributed by atoms with E-state index >= 15 is 0 Å². The molecule has 0 spiro atoms. The smallest absolute Gasteiger partial charge is 0.251 e. The van der Waals surface area contributed by atoms with Crippen LogP contribution < -0.4 is 5.32 Å². The number of carbonyl (C=O) groups excluding carboxylic acids is 1. The van der Waals surface area contributed by atoms with Gasteiger partial charge in [0.1, 0.15) is 0 Å². The van der Waals surface area contributed by atoms with Crippen molar-refractivity contribution < 1.29 is 9.00 Å². The number of hydrogen-bond acceptors (Lipinski definition) is 3. The van der Waals surface area contributed by atoms with E-state index in [1.807, 2.05) is 0 Å². The Morgan fingerprint density at radius 1 is 1.08 bits per heavy atom. The number of piperidine rings is 1. The van der Waals surface area contributed by atoms with Crippen molar-refractivity contribution in [2.45, 2.75) is 55.9 Å². The molecule has 1 atom stereocenters. The average Bonchev–Trinajstić information content (AvgIpc) is 2.64. The molecule has 138 valence electrons. The highest BCUT2D eigenvalue weighted by atomic mass is 32.2. The fourth-order valence-electron chi connectivity index (χ4n) is 4.06. The number of hydrogen-bond donors (Lipinski definition) is 1. The number of nitrogens with one attached hydrogen (secondary N) is 1. The van der Waals surface area contributed by atoms with Crippen LogP contribution in [0.2, 0.25) is 0 Å². The largest absolute Gasteiger partial charge is 0.349 e. The standard InChI is InChI=1S/C20H30N2O2S/c1-25(24)19-9-7-17(8-10-19)20(23)21-18-11-13-22(14-12-18)15-16-5-3-2-4-6-16/h7-10,16,18H,2-6,11-15H2,1H3,(H,21,23). The lowest BCUT2D eigenvalue weighted by atomic mass is 9.88. The highest BCUT2D eigenvalue weighted by Gasteiger charge is 2.23. The Balaban J connectivity index is 1.43. The third-order valence-corrected chi connectivity index (χ3v) is 6.55. The summed E-state index contributed by atoms with van der Waals surface area (Å²) in [4.78, 5) is 15.7. The molecule has 2 fully saturated rings. The lowest BCUT2D eigenvalue weighted by molar-refractivity contribution is 0.0901. The van der Waals surface area contributed by atoms with Gasteiger partial charge in [0.2, 0.25) is 0 Å². The van der Waals surface area contributed by atoms with Crippen LogP contribution in [0.4, 0.5) is 0 Å². The second kappa shape index (κ2) is 8.95. The van der Waals surface area contributed by atoms with Crippen LogP contribution >= 0.6 is 0 Å². The molecule has 3 rings (SSSR count). The van der Waals surface area contributed by atoms with Gasteiger partial charge in [-0.1, -0.05) is 19.3 Å². The molecular formula is C20H30N2O2S. The van der Waals surface area contributed by atoms with Crippen molar-refractivity contribution in [3.05, 3.63) is 29.8 Å². The summed E-state index contributed by atoms with van der Waals surface area (Å²) in [5.41, 5.74) is 0.652. The molecule has 1 heterocycles. The highest BCUT2D eigenvalue weighted by Crippen LogP contribution is 2.25. The minimum absolute atomic E-state index is 0.0147. The molecule has 0 radical (unpaired) electrons. The third-order valence-electron chi connectivity index (χ3n) is 5.61. The van der Waals surface area contributed by atoms with Crippen molar-refractivity contribution in [1.29, 1.82) is 0 Å². The summed E-state index contributed by atoms with van der Waals surface area (Å²) in [5, 5.41) is 3.17. The van der Waals surface area contributed by atoms with Crippen molar-refractivity contribution in [3.63, 3.8) is 0 Å². The summed E-state index contributed by atoms with van der Waals surface area (Å²) < 4.78 is 11.4. The Morgan fingerprint density at radius 2 is 1.72 bits per heavy atom. The highest BCUT2D eigenvalue weighted by molar-refractivity contribution is 7.84. The first-order valence-corrected chi connectivity index (χ1v) is 11.1. The third kappa shape index (κ3) is 5.38. The first kappa shape index (κ1) is 18.6. The molecule has 1 saturated heterocycles. The Bertz CT molecular complexity index is 588. The van der Waals surface area contributed by atoms with Crippen LogP contribution in [0.25, 0.3) is 0 Å². The topological polar surface area (TPSA) is 49.4 Å². The fourth-order valence-corrected chi connectivity index (χ4v) is 4.58. The molecule has 25 heavy (non-hydrogen) atoms. The van der Waals surface area contributed by atoms with Gasteiger partial charge in [-0.3, -0.25) is 9.00 Å². The van der Waals surface area contributed by atoms with E-state index in [2.05, 4.69) is 10.2 Å². The number of amides is 1. The zero-order chi connectivity index (χ0) is 17.6. The summed E-state index contributed by atoms with van der Waals surface area (Å²) >= 11 is 0. The molecule has 2 aliphatic rings. The molecule has 1 saturated carbocycles. The van der Waals surface area contributed by atoms with Gasteiger partial charge in [-0.15, -0.1) is 0 Å². The Morgan fingerprint density at radius 3 is 2.32 bits per heavy atom. The summed E-state index contributed by atoms with van der Waals surface area (Å²) in [5.74, 6) is 0.877. The summed E-state index contributed by atoms with van der Waals surface area (Å²) in [6.45, 7) is 3.43. The van der Waals surface area contributed by atoms with Gasteiger partial charge in [0.05, 0.1) is 0 Å². The second-order valence-electron chi connectivity index (χ2n) is 7.53. The summed E-state index contributed by atoms with van der Waals surface area (Å²) in [6, 6.07) is 7.36. The maximum atomic E-state index is 12.4. The van der Waals surface area contributed by atoms with Crippen molar-refractivity contribution in [1.82, 2.24) is 10.2 Å². The first-order chi connectivity index (χ1) is 12.1. The molecule has 1 aromatic carbocycles. The number of benzene rings is 1. The fraction of sp³-hybridized carbons (Fsp3) is 0.650. The van der Waals surface area contributed by atoms with E-state index in [9.17, 15) is 9.00 Å². The van der Waals surface area contributed by atoms with Crippen LogP contribution in [0.1, 0.15) is 55.3 Å². The van der Waals surface area contributed by atoms with Crippen LogP contribution in [0.15, 0.2) is 29.2 Å². The molecular weight excluding hydrogens is 332 g/mol. The van der Waals surface area contributed by atoms with Crippen LogP contribution in [0.3, 0.4) is 0 Å². The lowest BCUT2D eigenvalue weighted by Crippen LogP contribution is -2.45. The average molecular weight is 363 g/mol.